The van der Waals surface area contributed by atoms with Gasteiger partial charge in [0.15, 0.2) is 0 Å². The second kappa shape index (κ2) is 7.03. The van der Waals surface area contributed by atoms with Gasteiger partial charge in [0.2, 0.25) is 11.8 Å². The van der Waals surface area contributed by atoms with E-state index in [1.807, 2.05) is 61.5 Å². The number of benzene rings is 2. The van der Waals surface area contributed by atoms with Gasteiger partial charge in [0.1, 0.15) is 5.54 Å². The number of carbonyl (C=O) groups excluding carboxylic acids is 3. The molecule has 3 aliphatic rings. The number of hydrogen-bond acceptors (Lipinski definition) is 4. The average Bonchev–Trinajstić information content (AvgIpc) is 3.29. The number of halogens is 1. The van der Waals surface area contributed by atoms with E-state index < -0.39 is 17.4 Å². The number of rotatable bonds is 4. The fourth-order valence-corrected chi connectivity index (χ4v) is 5.75. The van der Waals surface area contributed by atoms with Crippen molar-refractivity contribution in [1.29, 1.82) is 0 Å². The van der Waals surface area contributed by atoms with Crippen molar-refractivity contribution in [2.45, 2.75) is 25.0 Å². The summed E-state index contributed by atoms with van der Waals surface area (Å²) in [4.78, 5) is 43.7. The lowest BCUT2D eigenvalue weighted by Crippen LogP contribution is -2.55. The van der Waals surface area contributed by atoms with Crippen molar-refractivity contribution in [2.24, 2.45) is 11.8 Å². The van der Waals surface area contributed by atoms with E-state index >= 15 is 0 Å². The number of para-hydroxylation sites is 1. The second-order valence-electron chi connectivity index (χ2n) is 8.16. The molecule has 3 heterocycles. The molecule has 3 aliphatic heterocycles. The fourth-order valence-electron chi connectivity index (χ4n) is 5.40. The van der Waals surface area contributed by atoms with Crippen molar-refractivity contribution in [2.75, 3.05) is 16.8 Å². The molecule has 0 aromatic heterocycles. The van der Waals surface area contributed by atoms with Gasteiger partial charge < -0.3 is 4.90 Å². The van der Waals surface area contributed by atoms with Crippen LogP contribution in [0.25, 0.3) is 0 Å². The maximum Gasteiger partial charge on any atom is 0.252 e. The summed E-state index contributed by atoms with van der Waals surface area (Å²) in [5.74, 6) is -1.91. The molecule has 6 nitrogen and oxygen atoms in total. The summed E-state index contributed by atoms with van der Waals surface area (Å²) in [5.41, 5.74) is 1.30. The fraction of sp³-hybridized carbons (Fsp3) is 0.348. The first-order chi connectivity index (χ1) is 14.5. The quantitative estimate of drug-likeness (QED) is 0.553. The van der Waals surface area contributed by atoms with Gasteiger partial charge in [0, 0.05) is 29.2 Å². The van der Waals surface area contributed by atoms with Crippen LogP contribution in [0.5, 0.6) is 0 Å². The first-order valence-electron chi connectivity index (χ1n) is 10.1. The van der Waals surface area contributed by atoms with Gasteiger partial charge >= 0.3 is 0 Å². The Morgan fingerprint density at radius 1 is 0.967 bits per heavy atom. The zero-order valence-corrected chi connectivity index (χ0v) is 18.1. The van der Waals surface area contributed by atoms with Gasteiger partial charge in [-0.3, -0.25) is 24.6 Å². The Morgan fingerprint density at radius 3 is 2.40 bits per heavy atom. The molecule has 7 heteroatoms. The third-order valence-electron chi connectivity index (χ3n) is 6.60. The first-order valence-corrected chi connectivity index (χ1v) is 11.3. The molecule has 2 fully saturated rings. The maximum absolute atomic E-state index is 13.7. The molecule has 30 heavy (non-hydrogen) atoms. The van der Waals surface area contributed by atoms with Gasteiger partial charge in [-0.05, 0) is 18.6 Å². The minimum Gasteiger partial charge on any atom is -0.309 e. The molecule has 0 saturated carbocycles. The standard InChI is InChI=1S/C23H22BrN3O3/c1-14-18-19(21(29)27(20(18)28)13-15-7-3-2-4-8-15)23(25-14)16-9-5-6-10-17(16)26(12-11-24)22(23)30/h2-10,14,18-19,25H,11-13H2,1H3/t14-,18-,19+,23-/m0/s1. The van der Waals surface area contributed by atoms with Crippen LogP contribution >= 0.6 is 15.9 Å². The molecule has 0 bridgehead atoms. The van der Waals surface area contributed by atoms with Crippen LogP contribution in [0.3, 0.4) is 0 Å². The molecule has 1 N–H and O–H groups in total. The highest BCUT2D eigenvalue weighted by atomic mass is 79.9. The molecule has 154 valence electrons. The van der Waals surface area contributed by atoms with Crippen LogP contribution in [0.4, 0.5) is 5.69 Å². The molecule has 2 saturated heterocycles. The topological polar surface area (TPSA) is 69.7 Å². The summed E-state index contributed by atoms with van der Waals surface area (Å²) in [6, 6.07) is 16.8. The van der Waals surface area contributed by atoms with Crippen LogP contribution in [0, 0.1) is 11.8 Å². The van der Waals surface area contributed by atoms with Crippen LogP contribution in [0.1, 0.15) is 18.1 Å². The molecule has 1 spiro atoms. The molecule has 2 aromatic rings. The summed E-state index contributed by atoms with van der Waals surface area (Å²) in [5, 5.41) is 4.02. The summed E-state index contributed by atoms with van der Waals surface area (Å²) in [6.07, 6.45) is 0. The van der Waals surface area contributed by atoms with Crippen LogP contribution in [-0.4, -0.2) is 40.5 Å². The maximum atomic E-state index is 13.7. The van der Waals surface area contributed by atoms with Crippen LogP contribution < -0.4 is 10.2 Å². The van der Waals surface area contributed by atoms with Crippen molar-refractivity contribution in [1.82, 2.24) is 10.2 Å². The smallest absolute Gasteiger partial charge is 0.252 e. The van der Waals surface area contributed by atoms with Gasteiger partial charge in [-0.1, -0.05) is 64.5 Å². The Balaban J connectivity index is 1.60. The third kappa shape index (κ3) is 2.48. The number of hydrogen-bond donors (Lipinski definition) is 1. The number of imide groups is 1. The minimum atomic E-state index is -1.19. The van der Waals surface area contributed by atoms with E-state index in [2.05, 4.69) is 21.2 Å². The molecule has 0 unspecified atom stereocenters. The van der Waals surface area contributed by atoms with Crippen molar-refractivity contribution < 1.29 is 14.4 Å². The average molecular weight is 468 g/mol. The van der Waals surface area contributed by atoms with E-state index in [1.165, 1.54) is 4.90 Å². The zero-order valence-electron chi connectivity index (χ0n) is 16.5. The zero-order chi connectivity index (χ0) is 21.0. The monoisotopic (exact) mass is 467 g/mol. The minimum absolute atomic E-state index is 0.148. The number of amides is 3. The molecule has 2 aromatic carbocycles. The van der Waals surface area contributed by atoms with Crippen LogP contribution in [-0.2, 0) is 26.5 Å². The molecule has 0 radical (unpaired) electrons. The number of anilines is 1. The predicted octanol–water partition coefficient (Wildman–Crippen LogP) is 2.42. The van der Waals surface area contributed by atoms with Crippen molar-refractivity contribution in [3.63, 3.8) is 0 Å². The summed E-state index contributed by atoms with van der Waals surface area (Å²) >= 11 is 3.43. The third-order valence-corrected chi connectivity index (χ3v) is 6.95. The number of carbonyl (C=O) groups is 3. The lowest BCUT2D eigenvalue weighted by atomic mass is 9.76. The van der Waals surface area contributed by atoms with Gasteiger partial charge in [0.25, 0.3) is 5.91 Å². The van der Waals surface area contributed by atoms with Gasteiger partial charge in [-0.25, -0.2) is 0 Å². The van der Waals surface area contributed by atoms with Gasteiger partial charge in [0.05, 0.1) is 18.4 Å². The Morgan fingerprint density at radius 2 is 1.67 bits per heavy atom. The highest BCUT2D eigenvalue weighted by Gasteiger charge is 2.70. The number of likely N-dealkylation sites (tertiary alicyclic amines) is 1. The first kappa shape index (κ1) is 19.5. The Labute approximate surface area is 183 Å². The molecule has 5 rings (SSSR count). The van der Waals surface area contributed by atoms with E-state index in [9.17, 15) is 14.4 Å². The van der Waals surface area contributed by atoms with E-state index in [4.69, 9.17) is 0 Å². The number of nitrogens with one attached hydrogen (secondary N) is 1. The predicted molar refractivity (Wildman–Crippen MR) is 116 cm³/mol. The molecule has 3 amide bonds. The van der Waals surface area contributed by atoms with Crippen molar-refractivity contribution in [3.05, 3.63) is 65.7 Å². The lowest BCUT2D eigenvalue weighted by Gasteiger charge is -2.30. The normalized spacial score (nSPS) is 29.8. The molecule has 0 aliphatic carbocycles. The Hall–Kier alpha value is -2.51. The van der Waals surface area contributed by atoms with E-state index in [-0.39, 0.29) is 30.3 Å². The highest BCUT2D eigenvalue weighted by molar-refractivity contribution is 9.09. The molecular formula is C23H22BrN3O3. The van der Waals surface area contributed by atoms with E-state index in [0.717, 1.165) is 16.8 Å². The largest absolute Gasteiger partial charge is 0.309 e. The number of nitrogens with zero attached hydrogens (tertiary/aromatic N) is 2. The van der Waals surface area contributed by atoms with Gasteiger partial charge in [-0.15, -0.1) is 0 Å². The summed E-state index contributed by atoms with van der Waals surface area (Å²) in [7, 11) is 0. The highest BCUT2D eigenvalue weighted by Crippen LogP contribution is 2.54. The summed E-state index contributed by atoms with van der Waals surface area (Å²) < 4.78 is 0. The summed E-state index contributed by atoms with van der Waals surface area (Å²) in [6.45, 7) is 2.63. The van der Waals surface area contributed by atoms with Crippen molar-refractivity contribution >= 4 is 39.3 Å². The molecule has 4 atom stereocenters. The second-order valence-corrected chi connectivity index (χ2v) is 8.95. The Kier molecular flexibility index (Phi) is 4.56. The van der Waals surface area contributed by atoms with E-state index in [1.54, 1.807) is 4.90 Å². The Bertz CT molecular complexity index is 1040. The van der Waals surface area contributed by atoms with Gasteiger partial charge in [-0.2, -0.15) is 0 Å². The number of fused-ring (bicyclic) bond motifs is 4. The van der Waals surface area contributed by atoms with E-state index in [0.29, 0.717) is 11.9 Å². The van der Waals surface area contributed by atoms with Crippen LogP contribution in [0.15, 0.2) is 54.6 Å². The van der Waals surface area contributed by atoms with Crippen LogP contribution in [0.2, 0.25) is 0 Å². The van der Waals surface area contributed by atoms with Crippen molar-refractivity contribution in [3.8, 4) is 0 Å². The lowest BCUT2D eigenvalue weighted by molar-refractivity contribution is -0.143. The SMILES string of the molecule is C[C@@H]1N[C@]2(C(=O)N(CCBr)c3ccccc32)[C@H]2C(=O)N(Cc3ccccc3)C(=O)[C@@H]12. The number of alkyl halides is 1. The molecular weight excluding hydrogens is 446 g/mol.